The van der Waals surface area contributed by atoms with Crippen molar-refractivity contribution in [1.82, 2.24) is 29.7 Å². The third-order valence-corrected chi connectivity index (χ3v) is 5.33. The minimum absolute atomic E-state index is 0. The van der Waals surface area contributed by atoms with Crippen LogP contribution in [0.5, 0.6) is 0 Å². The highest BCUT2D eigenvalue weighted by Gasteiger charge is 2.35. The molecule has 8 nitrogen and oxygen atoms in total. The molecule has 40 heavy (non-hydrogen) atoms. The van der Waals surface area contributed by atoms with Crippen molar-refractivity contribution in [1.29, 1.82) is 0 Å². The number of alkyl halides is 6. The maximum Gasteiger partial charge on any atom is 0.417 e. The van der Waals surface area contributed by atoms with E-state index in [2.05, 4.69) is 25.3 Å². The fraction of sp³-hybridized carbons (Fsp3) is 0.115. The van der Waals surface area contributed by atoms with Gasteiger partial charge in [-0.05, 0) is 36.4 Å². The lowest BCUT2D eigenvalue weighted by Crippen LogP contribution is -2.26. The van der Waals surface area contributed by atoms with Crippen molar-refractivity contribution in [2.24, 2.45) is 0 Å². The molecule has 5 rings (SSSR count). The van der Waals surface area contributed by atoms with Crippen LogP contribution in [0, 0.1) is 0 Å². The maximum absolute atomic E-state index is 13.0. The third kappa shape index (κ3) is 6.96. The van der Waals surface area contributed by atoms with Crippen LogP contribution in [0.25, 0.3) is 16.9 Å². The van der Waals surface area contributed by atoms with Gasteiger partial charge in [0.1, 0.15) is 5.82 Å². The van der Waals surface area contributed by atoms with E-state index in [1.807, 2.05) is 0 Å². The SMILES string of the molecule is FC(F)(F)c1ccncc1-c1ncc2ccccn12.O=C(NCc1ccccn1)c1cnccc1C(F)(F)F.[OH-]. The summed E-state index contributed by atoms with van der Waals surface area (Å²) in [6.07, 6.45) is -0.0822. The van der Waals surface area contributed by atoms with Crippen LogP contribution in [0.4, 0.5) is 26.3 Å². The van der Waals surface area contributed by atoms with Crippen molar-refractivity contribution in [3.63, 3.8) is 0 Å². The molecule has 0 aliphatic heterocycles. The zero-order chi connectivity index (χ0) is 28.0. The minimum atomic E-state index is -4.60. The van der Waals surface area contributed by atoms with E-state index in [1.165, 1.54) is 18.6 Å². The first-order valence-electron chi connectivity index (χ1n) is 11.2. The number of hydrogen-bond acceptors (Lipinski definition) is 6. The number of pyridine rings is 4. The molecule has 5 heterocycles. The van der Waals surface area contributed by atoms with E-state index in [-0.39, 0.29) is 23.4 Å². The lowest BCUT2D eigenvalue weighted by molar-refractivity contribution is -0.138. The van der Waals surface area contributed by atoms with Crippen molar-refractivity contribution in [3.05, 3.63) is 114 Å². The van der Waals surface area contributed by atoms with Gasteiger partial charge in [-0.15, -0.1) is 0 Å². The standard InChI is InChI=1S/C13H10F3N3O.C13H8F3N3.H2O/c14-13(15,16)11-4-6-17-8-10(11)12(20)19-7-9-3-1-2-5-18-9;14-13(15,16)11-4-5-17-8-10(11)12-18-7-9-3-1-2-6-19(9)12;/h1-6,8H,7H2,(H,19,20);1-8H;1H2/p-1. The van der Waals surface area contributed by atoms with Gasteiger partial charge in [0, 0.05) is 42.7 Å². The molecule has 208 valence electrons. The van der Waals surface area contributed by atoms with Gasteiger partial charge in [0.05, 0.1) is 40.6 Å². The first-order valence-corrected chi connectivity index (χ1v) is 11.2. The summed E-state index contributed by atoms with van der Waals surface area (Å²) < 4.78 is 78.8. The summed E-state index contributed by atoms with van der Waals surface area (Å²) in [5, 5.41) is 2.39. The Hall–Kier alpha value is -4.85. The summed E-state index contributed by atoms with van der Waals surface area (Å²) in [7, 11) is 0. The molecule has 0 radical (unpaired) electrons. The number of nitrogens with zero attached hydrogens (tertiary/aromatic N) is 5. The largest absolute Gasteiger partial charge is 0.870 e. The zero-order valence-electron chi connectivity index (χ0n) is 20.2. The highest BCUT2D eigenvalue weighted by molar-refractivity contribution is 5.95. The Morgan fingerprint density at radius 3 is 2.12 bits per heavy atom. The van der Waals surface area contributed by atoms with Crippen molar-refractivity contribution in [2.45, 2.75) is 18.9 Å². The molecule has 1 amide bonds. The predicted molar refractivity (Wildman–Crippen MR) is 130 cm³/mol. The average molecular weight is 561 g/mol. The normalized spacial score (nSPS) is 11.2. The molecule has 0 bridgehead atoms. The Morgan fingerprint density at radius 2 is 1.45 bits per heavy atom. The molecule has 0 aliphatic carbocycles. The molecule has 0 spiro atoms. The summed E-state index contributed by atoms with van der Waals surface area (Å²) in [5.41, 5.74) is -0.991. The molecule has 0 atom stereocenters. The van der Waals surface area contributed by atoms with E-state index in [4.69, 9.17) is 0 Å². The Bertz CT molecular complexity index is 1570. The average Bonchev–Trinajstić information content (AvgIpc) is 3.36. The van der Waals surface area contributed by atoms with E-state index in [0.29, 0.717) is 5.69 Å². The monoisotopic (exact) mass is 561 g/mol. The topological polar surface area (TPSA) is 115 Å². The van der Waals surface area contributed by atoms with Gasteiger partial charge in [0.2, 0.25) is 0 Å². The number of nitrogens with one attached hydrogen (secondary N) is 1. The summed E-state index contributed by atoms with van der Waals surface area (Å²) >= 11 is 0. The molecule has 0 fully saturated rings. The summed E-state index contributed by atoms with van der Waals surface area (Å²) in [5.74, 6) is -0.605. The Labute approximate surface area is 222 Å². The highest BCUT2D eigenvalue weighted by atomic mass is 19.4. The van der Waals surface area contributed by atoms with Crippen molar-refractivity contribution in [3.8, 4) is 11.4 Å². The van der Waals surface area contributed by atoms with Crippen LogP contribution >= 0.6 is 0 Å². The molecule has 0 aliphatic rings. The second-order valence-corrected chi connectivity index (χ2v) is 7.92. The van der Waals surface area contributed by atoms with Gasteiger partial charge in [0.25, 0.3) is 5.91 Å². The lowest BCUT2D eigenvalue weighted by Gasteiger charge is -2.11. The minimum Gasteiger partial charge on any atom is -0.870 e. The van der Waals surface area contributed by atoms with Crippen LogP contribution in [-0.4, -0.2) is 35.7 Å². The fourth-order valence-corrected chi connectivity index (χ4v) is 3.55. The molecule has 5 aromatic rings. The number of imidazole rings is 1. The van der Waals surface area contributed by atoms with Crippen LogP contribution in [0.3, 0.4) is 0 Å². The smallest absolute Gasteiger partial charge is 0.417 e. The second kappa shape index (κ2) is 12.3. The van der Waals surface area contributed by atoms with Crippen molar-refractivity contribution >= 4 is 11.4 Å². The molecule has 0 unspecified atom stereocenters. The molecule has 5 aromatic heterocycles. The number of halogens is 6. The lowest BCUT2D eigenvalue weighted by atomic mass is 10.1. The molecular formula is C26H19F6N6O2-. The zero-order valence-corrected chi connectivity index (χ0v) is 20.2. The predicted octanol–water partition coefficient (Wildman–Crippen LogP) is 5.66. The van der Waals surface area contributed by atoms with Gasteiger partial charge in [0.15, 0.2) is 0 Å². The van der Waals surface area contributed by atoms with E-state index >= 15 is 0 Å². The molecule has 14 heteroatoms. The quantitative estimate of drug-likeness (QED) is 0.283. The number of rotatable bonds is 4. The first kappa shape index (κ1) is 29.7. The molecular weight excluding hydrogens is 542 g/mol. The number of amides is 1. The first-order chi connectivity index (χ1) is 18.6. The molecule has 0 aromatic carbocycles. The van der Waals surface area contributed by atoms with Gasteiger partial charge < -0.3 is 10.8 Å². The number of carbonyl (C=O) groups excluding carboxylic acids is 1. The van der Waals surface area contributed by atoms with E-state index < -0.39 is 35.0 Å². The Morgan fingerprint density at radius 1 is 0.775 bits per heavy atom. The summed E-state index contributed by atoms with van der Waals surface area (Å²) in [4.78, 5) is 27.2. The van der Waals surface area contributed by atoms with Crippen LogP contribution in [0.1, 0.15) is 27.2 Å². The van der Waals surface area contributed by atoms with Crippen LogP contribution in [0.2, 0.25) is 0 Å². The van der Waals surface area contributed by atoms with Crippen LogP contribution in [0.15, 0.2) is 91.9 Å². The van der Waals surface area contributed by atoms with Gasteiger partial charge in [-0.25, -0.2) is 4.98 Å². The third-order valence-electron chi connectivity index (χ3n) is 5.33. The molecule has 0 saturated heterocycles. The van der Waals surface area contributed by atoms with Gasteiger partial charge in [-0.1, -0.05) is 12.1 Å². The number of aromatic nitrogens is 5. The second-order valence-electron chi connectivity index (χ2n) is 7.92. The molecule has 2 N–H and O–H groups in total. The fourth-order valence-electron chi connectivity index (χ4n) is 3.55. The number of carbonyl (C=O) groups is 1. The van der Waals surface area contributed by atoms with Gasteiger partial charge in [-0.3, -0.25) is 24.1 Å². The number of hydrogen-bond donors (Lipinski definition) is 1. The Kier molecular flexibility index (Phi) is 9.16. The van der Waals surface area contributed by atoms with Crippen molar-refractivity contribution < 1.29 is 36.6 Å². The Balaban J connectivity index is 0.000000215. The van der Waals surface area contributed by atoms with E-state index in [0.717, 1.165) is 36.2 Å². The van der Waals surface area contributed by atoms with Crippen LogP contribution in [-0.2, 0) is 18.9 Å². The van der Waals surface area contributed by atoms with Gasteiger partial charge in [-0.2, -0.15) is 26.3 Å². The van der Waals surface area contributed by atoms with E-state index in [9.17, 15) is 31.1 Å². The summed E-state index contributed by atoms with van der Waals surface area (Å²) in [6.45, 7) is 0.0475. The van der Waals surface area contributed by atoms with Gasteiger partial charge >= 0.3 is 12.4 Å². The van der Waals surface area contributed by atoms with E-state index in [1.54, 1.807) is 47.0 Å². The number of fused-ring (bicyclic) bond motifs is 1. The highest BCUT2D eigenvalue weighted by Crippen LogP contribution is 2.36. The maximum atomic E-state index is 13.0. The summed E-state index contributed by atoms with van der Waals surface area (Å²) in [6, 6.07) is 12.1. The van der Waals surface area contributed by atoms with Crippen LogP contribution < -0.4 is 5.32 Å². The van der Waals surface area contributed by atoms with Crippen molar-refractivity contribution in [2.75, 3.05) is 0 Å². The molecule has 0 saturated carbocycles.